The standard InChI is InChI=1S/C10H14ClNO2/c1-5-3-4-7(11)8(9(5)13)10(14)6(2)12/h3-4,6,10,13-14H,12H2,1-2H3. The summed E-state index contributed by atoms with van der Waals surface area (Å²) < 4.78 is 0. The van der Waals surface area contributed by atoms with E-state index in [2.05, 4.69) is 0 Å². The Bertz CT molecular complexity index is 339. The molecule has 0 saturated heterocycles. The second-order valence-corrected chi connectivity index (χ2v) is 3.84. The number of hydrogen-bond acceptors (Lipinski definition) is 3. The molecule has 0 bridgehead atoms. The van der Waals surface area contributed by atoms with Gasteiger partial charge in [0.2, 0.25) is 0 Å². The van der Waals surface area contributed by atoms with Crippen LogP contribution in [0.3, 0.4) is 0 Å². The summed E-state index contributed by atoms with van der Waals surface area (Å²) in [7, 11) is 0. The largest absolute Gasteiger partial charge is 0.507 e. The molecule has 1 aromatic rings. The van der Waals surface area contributed by atoms with Gasteiger partial charge in [-0.1, -0.05) is 17.7 Å². The molecule has 2 unspecified atom stereocenters. The van der Waals surface area contributed by atoms with Crippen LogP contribution in [-0.2, 0) is 0 Å². The van der Waals surface area contributed by atoms with Crippen molar-refractivity contribution in [2.75, 3.05) is 0 Å². The molecule has 0 saturated carbocycles. The fourth-order valence-electron chi connectivity index (χ4n) is 1.24. The molecule has 78 valence electrons. The van der Waals surface area contributed by atoms with Crippen molar-refractivity contribution in [2.24, 2.45) is 5.73 Å². The van der Waals surface area contributed by atoms with Crippen LogP contribution < -0.4 is 5.73 Å². The average Bonchev–Trinajstić information content (AvgIpc) is 2.12. The van der Waals surface area contributed by atoms with Gasteiger partial charge in [-0.05, 0) is 25.5 Å². The van der Waals surface area contributed by atoms with Crippen molar-refractivity contribution in [3.8, 4) is 5.75 Å². The van der Waals surface area contributed by atoms with Crippen LogP contribution in [0, 0.1) is 6.92 Å². The summed E-state index contributed by atoms with van der Waals surface area (Å²) in [4.78, 5) is 0. The first-order valence-corrected chi connectivity index (χ1v) is 4.74. The zero-order valence-electron chi connectivity index (χ0n) is 8.16. The van der Waals surface area contributed by atoms with Gasteiger partial charge in [0.25, 0.3) is 0 Å². The van der Waals surface area contributed by atoms with Crippen molar-refractivity contribution in [2.45, 2.75) is 26.0 Å². The van der Waals surface area contributed by atoms with Crippen LogP contribution in [0.15, 0.2) is 12.1 Å². The maximum atomic E-state index is 9.71. The molecule has 0 amide bonds. The molecule has 0 aliphatic rings. The van der Waals surface area contributed by atoms with Crippen LogP contribution in [0.4, 0.5) is 0 Å². The molecule has 4 N–H and O–H groups in total. The lowest BCUT2D eigenvalue weighted by Gasteiger charge is -2.18. The Kier molecular flexibility index (Phi) is 3.37. The van der Waals surface area contributed by atoms with Gasteiger partial charge in [0.1, 0.15) is 5.75 Å². The number of phenols is 1. The van der Waals surface area contributed by atoms with Crippen LogP contribution >= 0.6 is 11.6 Å². The number of nitrogens with two attached hydrogens (primary N) is 1. The summed E-state index contributed by atoms with van der Waals surface area (Å²) in [5, 5.41) is 19.7. The van der Waals surface area contributed by atoms with Gasteiger partial charge in [-0.25, -0.2) is 0 Å². The molecule has 2 atom stereocenters. The lowest BCUT2D eigenvalue weighted by Crippen LogP contribution is -2.24. The first-order chi connectivity index (χ1) is 6.45. The minimum Gasteiger partial charge on any atom is -0.507 e. The molecule has 1 rings (SSSR count). The van der Waals surface area contributed by atoms with E-state index in [1.807, 2.05) is 0 Å². The average molecular weight is 216 g/mol. The van der Waals surface area contributed by atoms with Gasteiger partial charge in [-0.15, -0.1) is 0 Å². The van der Waals surface area contributed by atoms with Crippen molar-refractivity contribution < 1.29 is 10.2 Å². The maximum absolute atomic E-state index is 9.71. The zero-order valence-corrected chi connectivity index (χ0v) is 8.92. The summed E-state index contributed by atoms with van der Waals surface area (Å²) in [5.41, 5.74) is 6.51. The van der Waals surface area contributed by atoms with Crippen LogP contribution in [0.25, 0.3) is 0 Å². The number of phenolic OH excluding ortho intramolecular Hbond substituents is 1. The third-order valence-electron chi connectivity index (χ3n) is 2.16. The van der Waals surface area contributed by atoms with Crippen molar-refractivity contribution >= 4 is 11.6 Å². The van der Waals surface area contributed by atoms with E-state index in [0.717, 1.165) is 0 Å². The summed E-state index contributed by atoms with van der Waals surface area (Å²) >= 11 is 5.86. The number of aryl methyl sites for hydroxylation is 1. The summed E-state index contributed by atoms with van der Waals surface area (Å²) in [5.74, 6) is 0.0160. The Balaban J connectivity index is 3.25. The third kappa shape index (κ3) is 2.00. The molecule has 1 aromatic carbocycles. The van der Waals surface area contributed by atoms with Gasteiger partial charge in [-0.3, -0.25) is 0 Å². The smallest absolute Gasteiger partial charge is 0.125 e. The van der Waals surface area contributed by atoms with Crippen LogP contribution in [-0.4, -0.2) is 16.3 Å². The van der Waals surface area contributed by atoms with Crippen molar-refractivity contribution in [1.29, 1.82) is 0 Å². The fourth-order valence-corrected chi connectivity index (χ4v) is 1.50. The number of aliphatic hydroxyl groups is 1. The van der Waals surface area contributed by atoms with E-state index in [1.54, 1.807) is 26.0 Å². The summed E-state index contributed by atoms with van der Waals surface area (Å²) in [6.45, 7) is 3.39. The Morgan fingerprint density at radius 3 is 2.50 bits per heavy atom. The molecular weight excluding hydrogens is 202 g/mol. The lowest BCUT2D eigenvalue weighted by molar-refractivity contribution is 0.150. The van der Waals surface area contributed by atoms with Crippen molar-refractivity contribution in [1.82, 2.24) is 0 Å². The van der Waals surface area contributed by atoms with Gasteiger partial charge in [0.05, 0.1) is 11.1 Å². The molecule has 14 heavy (non-hydrogen) atoms. The molecular formula is C10H14ClNO2. The van der Waals surface area contributed by atoms with E-state index >= 15 is 0 Å². The predicted octanol–water partition coefficient (Wildman–Crippen LogP) is 1.73. The van der Waals surface area contributed by atoms with Gasteiger partial charge in [0.15, 0.2) is 0 Å². The molecule has 0 radical (unpaired) electrons. The number of rotatable bonds is 2. The highest BCUT2D eigenvalue weighted by Gasteiger charge is 2.20. The second kappa shape index (κ2) is 4.17. The van der Waals surface area contributed by atoms with Gasteiger partial charge < -0.3 is 15.9 Å². The molecule has 0 aliphatic carbocycles. The molecule has 0 spiro atoms. The highest BCUT2D eigenvalue weighted by Crippen LogP contribution is 2.34. The van der Waals surface area contributed by atoms with Gasteiger partial charge in [0, 0.05) is 11.6 Å². The number of aliphatic hydroxyl groups excluding tert-OH is 1. The minimum atomic E-state index is -0.942. The van der Waals surface area contributed by atoms with Crippen LogP contribution in [0.5, 0.6) is 5.75 Å². The van der Waals surface area contributed by atoms with E-state index in [0.29, 0.717) is 16.1 Å². The number of halogens is 1. The van der Waals surface area contributed by atoms with E-state index < -0.39 is 12.1 Å². The fraction of sp³-hybridized carbons (Fsp3) is 0.400. The molecule has 3 nitrogen and oxygen atoms in total. The summed E-state index contributed by atoms with van der Waals surface area (Å²) in [6.07, 6.45) is -0.942. The summed E-state index contributed by atoms with van der Waals surface area (Å²) in [6, 6.07) is 2.85. The topological polar surface area (TPSA) is 66.5 Å². The Hall–Kier alpha value is -0.770. The van der Waals surface area contributed by atoms with Crippen molar-refractivity contribution in [3.05, 3.63) is 28.3 Å². The highest BCUT2D eigenvalue weighted by molar-refractivity contribution is 6.31. The number of benzene rings is 1. The van der Waals surface area contributed by atoms with Crippen molar-refractivity contribution in [3.63, 3.8) is 0 Å². The van der Waals surface area contributed by atoms with E-state index in [9.17, 15) is 10.2 Å². The zero-order chi connectivity index (χ0) is 10.9. The molecule has 0 fully saturated rings. The normalized spacial score (nSPS) is 15.2. The van der Waals surface area contributed by atoms with Gasteiger partial charge >= 0.3 is 0 Å². The molecule has 0 aromatic heterocycles. The van der Waals surface area contributed by atoms with Gasteiger partial charge in [-0.2, -0.15) is 0 Å². The third-order valence-corrected chi connectivity index (χ3v) is 2.49. The van der Waals surface area contributed by atoms with E-state index in [4.69, 9.17) is 17.3 Å². The Morgan fingerprint density at radius 1 is 1.43 bits per heavy atom. The Morgan fingerprint density at radius 2 is 2.00 bits per heavy atom. The minimum absolute atomic E-state index is 0.0160. The maximum Gasteiger partial charge on any atom is 0.125 e. The quantitative estimate of drug-likeness (QED) is 0.704. The highest BCUT2D eigenvalue weighted by atomic mass is 35.5. The van der Waals surface area contributed by atoms with E-state index in [-0.39, 0.29) is 5.75 Å². The molecule has 0 heterocycles. The predicted molar refractivity (Wildman–Crippen MR) is 56.5 cm³/mol. The number of aromatic hydroxyl groups is 1. The van der Waals surface area contributed by atoms with Crippen LogP contribution in [0.1, 0.15) is 24.2 Å². The monoisotopic (exact) mass is 215 g/mol. The van der Waals surface area contributed by atoms with Crippen LogP contribution in [0.2, 0.25) is 5.02 Å². The first kappa shape index (κ1) is 11.3. The number of hydrogen-bond donors (Lipinski definition) is 3. The first-order valence-electron chi connectivity index (χ1n) is 4.36. The second-order valence-electron chi connectivity index (χ2n) is 3.43. The molecule has 4 heteroatoms. The SMILES string of the molecule is Cc1ccc(Cl)c(C(O)C(C)N)c1O. The molecule has 0 aliphatic heterocycles. The Labute approximate surface area is 88.1 Å². The lowest BCUT2D eigenvalue weighted by atomic mass is 10.0. The van der Waals surface area contributed by atoms with E-state index in [1.165, 1.54) is 0 Å².